The van der Waals surface area contributed by atoms with Gasteiger partial charge in [-0.15, -0.1) is 0 Å². The number of anilines is 1. The van der Waals surface area contributed by atoms with Gasteiger partial charge in [-0.25, -0.2) is 0 Å². The minimum atomic E-state index is -0.526. The molecule has 2 amide bonds. The van der Waals surface area contributed by atoms with E-state index in [9.17, 15) is 9.59 Å². The number of aryl methyl sites for hydroxylation is 1. The molecule has 4 heteroatoms. The summed E-state index contributed by atoms with van der Waals surface area (Å²) in [5.74, 6) is -1.01. The molecule has 0 saturated carbocycles. The molecule has 1 saturated heterocycles. The SMILES string of the molecule is Cc1ccc(N2CCNC(=O)C2=O)cc1. The lowest BCUT2D eigenvalue weighted by Crippen LogP contribution is -2.52. The molecule has 15 heavy (non-hydrogen) atoms. The number of nitrogens with zero attached hydrogens (tertiary/aromatic N) is 1. The van der Waals surface area contributed by atoms with Crippen LogP contribution < -0.4 is 10.2 Å². The molecule has 1 fully saturated rings. The van der Waals surface area contributed by atoms with Crippen molar-refractivity contribution < 1.29 is 9.59 Å². The van der Waals surface area contributed by atoms with Gasteiger partial charge < -0.3 is 10.2 Å². The maximum atomic E-state index is 11.5. The molecule has 4 nitrogen and oxygen atoms in total. The predicted molar refractivity (Wildman–Crippen MR) is 56.5 cm³/mol. The molecular weight excluding hydrogens is 192 g/mol. The number of amides is 2. The van der Waals surface area contributed by atoms with Crippen molar-refractivity contribution in [1.29, 1.82) is 0 Å². The number of rotatable bonds is 1. The second-order valence-corrected chi connectivity index (χ2v) is 3.55. The van der Waals surface area contributed by atoms with E-state index in [1.807, 2.05) is 31.2 Å². The molecule has 1 aliphatic heterocycles. The lowest BCUT2D eigenvalue weighted by Gasteiger charge is -2.26. The van der Waals surface area contributed by atoms with Crippen molar-refractivity contribution in [1.82, 2.24) is 5.32 Å². The first-order chi connectivity index (χ1) is 7.18. The summed E-state index contributed by atoms with van der Waals surface area (Å²) in [5.41, 5.74) is 1.91. The van der Waals surface area contributed by atoms with Crippen LogP contribution in [0.1, 0.15) is 5.56 Å². The Morgan fingerprint density at radius 1 is 1.20 bits per heavy atom. The maximum absolute atomic E-state index is 11.5. The normalized spacial score (nSPS) is 16.5. The molecule has 0 radical (unpaired) electrons. The molecule has 0 spiro atoms. The van der Waals surface area contributed by atoms with Gasteiger partial charge in [-0.2, -0.15) is 0 Å². The van der Waals surface area contributed by atoms with Crippen LogP contribution in [0, 0.1) is 6.92 Å². The van der Waals surface area contributed by atoms with Gasteiger partial charge >= 0.3 is 11.8 Å². The molecular formula is C11H12N2O2. The molecule has 0 bridgehead atoms. The van der Waals surface area contributed by atoms with Crippen LogP contribution in [-0.2, 0) is 9.59 Å². The number of carbonyl (C=O) groups excluding carboxylic acids is 2. The van der Waals surface area contributed by atoms with Crippen LogP contribution in [-0.4, -0.2) is 24.9 Å². The fourth-order valence-corrected chi connectivity index (χ4v) is 1.55. The van der Waals surface area contributed by atoms with Crippen LogP contribution in [0.3, 0.4) is 0 Å². The number of carbonyl (C=O) groups is 2. The Kier molecular flexibility index (Phi) is 2.41. The lowest BCUT2D eigenvalue weighted by molar-refractivity contribution is -0.138. The molecule has 1 aliphatic rings. The van der Waals surface area contributed by atoms with Gasteiger partial charge in [0.05, 0.1) is 0 Å². The van der Waals surface area contributed by atoms with E-state index in [4.69, 9.17) is 0 Å². The Labute approximate surface area is 87.9 Å². The molecule has 0 atom stereocenters. The second kappa shape index (κ2) is 3.73. The first-order valence-corrected chi connectivity index (χ1v) is 4.85. The third-order valence-corrected chi connectivity index (χ3v) is 2.41. The largest absolute Gasteiger partial charge is 0.346 e. The van der Waals surface area contributed by atoms with Gasteiger partial charge in [-0.3, -0.25) is 9.59 Å². The highest BCUT2D eigenvalue weighted by molar-refractivity contribution is 6.41. The summed E-state index contributed by atoms with van der Waals surface area (Å²) in [6, 6.07) is 7.56. The lowest BCUT2D eigenvalue weighted by atomic mass is 10.2. The summed E-state index contributed by atoms with van der Waals surface area (Å²) < 4.78 is 0. The van der Waals surface area contributed by atoms with E-state index in [-0.39, 0.29) is 0 Å². The number of nitrogens with one attached hydrogen (secondary N) is 1. The monoisotopic (exact) mass is 204 g/mol. The van der Waals surface area contributed by atoms with E-state index >= 15 is 0 Å². The van der Waals surface area contributed by atoms with Gasteiger partial charge in [0.2, 0.25) is 0 Å². The smallest absolute Gasteiger partial charge is 0.316 e. The van der Waals surface area contributed by atoms with Gasteiger partial charge in [0, 0.05) is 18.8 Å². The summed E-state index contributed by atoms with van der Waals surface area (Å²) in [4.78, 5) is 24.2. The van der Waals surface area contributed by atoms with Gasteiger partial charge in [-0.05, 0) is 19.1 Å². The minimum Gasteiger partial charge on any atom is -0.346 e. The Morgan fingerprint density at radius 3 is 2.53 bits per heavy atom. The van der Waals surface area contributed by atoms with Gasteiger partial charge in [-0.1, -0.05) is 17.7 Å². The third kappa shape index (κ3) is 1.83. The average Bonchev–Trinajstić information content (AvgIpc) is 2.24. The summed E-state index contributed by atoms with van der Waals surface area (Å²) in [6.45, 7) is 3.03. The van der Waals surface area contributed by atoms with E-state index in [0.717, 1.165) is 11.3 Å². The molecule has 1 aromatic rings. The molecule has 1 heterocycles. The van der Waals surface area contributed by atoms with E-state index in [2.05, 4.69) is 5.32 Å². The summed E-state index contributed by atoms with van der Waals surface area (Å²) >= 11 is 0. The predicted octanol–water partition coefficient (Wildman–Crippen LogP) is 0.458. The van der Waals surface area contributed by atoms with E-state index in [0.29, 0.717) is 13.1 Å². The number of hydrogen-bond donors (Lipinski definition) is 1. The van der Waals surface area contributed by atoms with Crippen LogP contribution in [0.5, 0.6) is 0 Å². The van der Waals surface area contributed by atoms with E-state index in [1.165, 1.54) is 4.90 Å². The van der Waals surface area contributed by atoms with Crippen LogP contribution in [0.4, 0.5) is 5.69 Å². The van der Waals surface area contributed by atoms with Crippen LogP contribution in [0.2, 0.25) is 0 Å². The van der Waals surface area contributed by atoms with Crippen LogP contribution in [0.25, 0.3) is 0 Å². The van der Waals surface area contributed by atoms with E-state index in [1.54, 1.807) is 0 Å². The zero-order valence-corrected chi connectivity index (χ0v) is 8.49. The highest BCUT2D eigenvalue weighted by Gasteiger charge is 2.26. The van der Waals surface area contributed by atoms with Crippen molar-refractivity contribution in [2.75, 3.05) is 18.0 Å². The molecule has 0 aliphatic carbocycles. The fraction of sp³-hybridized carbons (Fsp3) is 0.273. The van der Waals surface area contributed by atoms with Crippen molar-refractivity contribution >= 4 is 17.5 Å². The highest BCUT2D eigenvalue weighted by atomic mass is 16.2. The summed E-state index contributed by atoms with van der Waals surface area (Å²) in [6.07, 6.45) is 0. The number of benzene rings is 1. The van der Waals surface area contributed by atoms with Crippen LogP contribution >= 0.6 is 0 Å². The molecule has 1 aromatic carbocycles. The first kappa shape index (κ1) is 9.71. The average molecular weight is 204 g/mol. The standard InChI is InChI=1S/C11H12N2O2/c1-8-2-4-9(5-3-8)13-7-6-12-10(14)11(13)15/h2-5H,6-7H2,1H3,(H,12,14). The Morgan fingerprint density at radius 2 is 1.87 bits per heavy atom. The minimum absolute atomic E-state index is 0.481. The Hall–Kier alpha value is -1.84. The topological polar surface area (TPSA) is 49.4 Å². The van der Waals surface area contributed by atoms with Gasteiger partial charge in [0.1, 0.15) is 0 Å². The fourth-order valence-electron chi connectivity index (χ4n) is 1.55. The van der Waals surface area contributed by atoms with Crippen molar-refractivity contribution in [3.63, 3.8) is 0 Å². The molecule has 0 aromatic heterocycles. The number of hydrogen-bond acceptors (Lipinski definition) is 2. The number of piperazine rings is 1. The summed E-state index contributed by atoms with van der Waals surface area (Å²) in [5, 5.41) is 2.51. The van der Waals surface area contributed by atoms with Gasteiger partial charge in [0.25, 0.3) is 0 Å². The van der Waals surface area contributed by atoms with Crippen LogP contribution in [0.15, 0.2) is 24.3 Å². The highest BCUT2D eigenvalue weighted by Crippen LogP contribution is 2.16. The van der Waals surface area contributed by atoms with Crippen molar-refractivity contribution in [3.05, 3.63) is 29.8 Å². The third-order valence-electron chi connectivity index (χ3n) is 2.41. The molecule has 2 rings (SSSR count). The molecule has 78 valence electrons. The zero-order valence-electron chi connectivity index (χ0n) is 8.49. The quantitative estimate of drug-likeness (QED) is 0.675. The Balaban J connectivity index is 2.26. The maximum Gasteiger partial charge on any atom is 0.316 e. The Bertz CT molecular complexity index is 398. The van der Waals surface area contributed by atoms with Gasteiger partial charge in [0.15, 0.2) is 0 Å². The van der Waals surface area contributed by atoms with Crippen molar-refractivity contribution in [2.45, 2.75) is 6.92 Å². The first-order valence-electron chi connectivity index (χ1n) is 4.85. The summed E-state index contributed by atoms with van der Waals surface area (Å²) in [7, 11) is 0. The van der Waals surface area contributed by atoms with Crippen molar-refractivity contribution in [3.8, 4) is 0 Å². The molecule has 1 N–H and O–H groups in total. The van der Waals surface area contributed by atoms with Crippen molar-refractivity contribution in [2.24, 2.45) is 0 Å². The second-order valence-electron chi connectivity index (χ2n) is 3.55. The van der Waals surface area contributed by atoms with E-state index < -0.39 is 11.8 Å². The molecule has 0 unspecified atom stereocenters. The zero-order chi connectivity index (χ0) is 10.8.